The summed E-state index contributed by atoms with van der Waals surface area (Å²) in [6, 6.07) is 4.30. The van der Waals surface area contributed by atoms with Gasteiger partial charge in [0.2, 0.25) is 11.8 Å². The van der Waals surface area contributed by atoms with E-state index in [-0.39, 0.29) is 24.7 Å². The van der Waals surface area contributed by atoms with Crippen LogP contribution in [0.1, 0.15) is 12.0 Å². The van der Waals surface area contributed by atoms with Crippen LogP contribution < -0.4 is 5.73 Å². The van der Waals surface area contributed by atoms with Gasteiger partial charge in [-0.1, -0.05) is 15.9 Å². The highest BCUT2D eigenvalue weighted by molar-refractivity contribution is 9.10. The molecule has 6 heteroatoms. The van der Waals surface area contributed by atoms with Crippen molar-refractivity contribution in [3.63, 3.8) is 0 Å². The van der Waals surface area contributed by atoms with Crippen LogP contribution in [0.3, 0.4) is 0 Å². The second-order valence-electron chi connectivity index (χ2n) is 4.31. The Bertz CT molecular complexity index is 507. The van der Waals surface area contributed by atoms with E-state index in [0.717, 1.165) is 4.47 Å². The Morgan fingerprint density at radius 2 is 2.28 bits per heavy atom. The summed E-state index contributed by atoms with van der Waals surface area (Å²) in [5.74, 6) is -1.39. The molecule has 1 aliphatic heterocycles. The monoisotopic (exact) mass is 314 g/mol. The van der Waals surface area contributed by atoms with Gasteiger partial charge in [-0.2, -0.15) is 0 Å². The van der Waals surface area contributed by atoms with E-state index in [1.54, 1.807) is 6.07 Å². The van der Waals surface area contributed by atoms with Crippen LogP contribution in [0, 0.1) is 11.7 Å². The van der Waals surface area contributed by atoms with Gasteiger partial charge in [-0.25, -0.2) is 4.39 Å². The van der Waals surface area contributed by atoms with Gasteiger partial charge in [0.1, 0.15) is 5.82 Å². The summed E-state index contributed by atoms with van der Waals surface area (Å²) >= 11 is 3.31. The molecule has 96 valence electrons. The number of hydrogen-bond acceptors (Lipinski definition) is 2. The van der Waals surface area contributed by atoms with Gasteiger partial charge in [-0.05, 0) is 23.8 Å². The van der Waals surface area contributed by atoms with Gasteiger partial charge < -0.3 is 10.6 Å². The quantitative estimate of drug-likeness (QED) is 0.917. The molecular weight excluding hydrogens is 303 g/mol. The van der Waals surface area contributed by atoms with Gasteiger partial charge >= 0.3 is 0 Å². The zero-order valence-corrected chi connectivity index (χ0v) is 11.1. The number of halogens is 2. The molecule has 0 aromatic heterocycles. The van der Waals surface area contributed by atoms with Gasteiger partial charge in [-0.3, -0.25) is 9.59 Å². The van der Waals surface area contributed by atoms with Crippen LogP contribution in [0.4, 0.5) is 4.39 Å². The van der Waals surface area contributed by atoms with Gasteiger partial charge in [0.25, 0.3) is 0 Å². The molecule has 1 fully saturated rings. The second kappa shape index (κ2) is 5.06. The number of carbonyl (C=O) groups excluding carboxylic acids is 2. The molecule has 1 aromatic carbocycles. The number of rotatable bonds is 3. The van der Waals surface area contributed by atoms with Crippen molar-refractivity contribution < 1.29 is 14.0 Å². The molecule has 1 unspecified atom stereocenters. The van der Waals surface area contributed by atoms with Crippen LogP contribution in [-0.4, -0.2) is 23.3 Å². The summed E-state index contributed by atoms with van der Waals surface area (Å²) in [6.07, 6.45) is 0.141. The zero-order valence-electron chi connectivity index (χ0n) is 9.53. The lowest BCUT2D eigenvalue weighted by Gasteiger charge is -2.17. The average Bonchev–Trinajstić information content (AvgIpc) is 2.66. The van der Waals surface area contributed by atoms with Gasteiger partial charge in [0.05, 0.1) is 5.92 Å². The van der Waals surface area contributed by atoms with E-state index in [1.165, 1.54) is 17.0 Å². The third kappa shape index (κ3) is 2.69. The Hall–Kier alpha value is -1.43. The maximum Gasteiger partial charge on any atom is 0.223 e. The first-order valence-corrected chi connectivity index (χ1v) is 6.27. The summed E-state index contributed by atoms with van der Waals surface area (Å²) in [7, 11) is 0. The Morgan fingerprint density at radius 1 is 1.56 bits per heavy atom. The second-order valence-corrected chi connectivity index (χ2v) is 5.17. The van der Waals surface area contributed by atoms with Crippen molar-refractivity contribution in [3.8, 4) is 0 Å². The minimum atomic E-state index is -0.468. The molecule has 0 bridgehead atoms. The molecule has 2 N–H and O–H groups in total. The smallest absolute Gasteiger partial charge is 0.223 e. The largest absolute Gasteiger partial charge is 0.369 e. The van der Waals surface area contributed by atoms with Gasteiger partial charge in [-0.15, -0.1) is 0 Å². The Kier molecular flexibility index (Phi) is 3.65. The predicted octanol–water partition coefficient (Wildman–Crippen LogP) is 1.42. The van der Waals surface area contributed by atoms with E-state index in [4.69, 9.17) is 5.73 Å². The predicted molar refractivity (Wildman–Crippen MR) is 66.8 cm³/mol. The van der Waals surface area contributed by atoms with E-state index in [1.807, 2.05) is 0 Å². The number of hydrogen-bond donors (Lipinski definition) is 1. The first-order valence-electron chi connectivity index (χ1n) is 5.48. The van der Waals surface area contributed by atoms with Crippen molar-refractivity contribution in [2.45, 2.75) is 13.0 Å². The summed E-state index contributed by atoms with van der Waals surface area (Å²) in [4.78, 5) is 24.3. The number of likely N-dealkylation sites (tertiary alicyclic amines) is 1. The highest BCUT2D eigenvalue weighted by Gasteiger charge is 2.33. The third-order valence-corrected chi connectivity index (χ3v) is 3.76. The van der Waals surface area contributed by atoms with Crippen molar-refractivity contribution in [3.05, 3.63) is 34.1 Å². The SMILES string of the molecule is NC(=O)C1CC(=O)N(Cc2cc(F)ccc2Br)C1. The lowest BCUT2D eigenvalue weighted by Crippen LogP contribution is -2.28. The van der Waals surface area contributed by atoms with E-state index in [2.05, 4.69) is 15.9 Å². The minimum Gasteiger partial charge on any atom is -0.369 e. The van der Waals surface area contributed by atoms with Crippen molar-refractivity contribution in [1.82, 2.24) is 4.90 Å². The number of carbonyl (C=O) groups is 2. The lowest BCUT2D eigenvalue weighted by atomic mass is 10.1. The molecule has 18 heavy (non-hydrogen) atoms. The molecule has 2 amide bonds. The molecule has 1 aliphatic rings. The van der Waals surface area contributed by atoms with Crippen LogP contribution >= 0.6 is 15.9 Å². The zero-order chi connectivity index (χ0) is 13.3. The van der Waals surface area contributed by atoms with Gasteiger partial charge in [0.15, 0.2) is 0 Å². The molecule has 0 radical (unpaired) electrons. The Labute approximate surface area is 112 Å². The molecule has 1 aromatic rings. The summed E-state index contributed by atoms with van der Waals surface area (Å²) in [5.41, 5.74) is 5.86. The molecule has 0 aliphatic carbocycles. The maximum absolute atomic E-state index is 13.1. The normalized spacial score (nSPS) is 19.3. The minimum absolute atomic E-state index is 0.130. The molecule has 4 nitrogen and oxygen atoms in total. The van der Waals surface area contributed by atoms with Crippen LogP contribution in [-0.2, 0) is 16.1 Å². The molecule has 1 heterocycles. The highest BCUT2D eigenvalue weighted by atomic mass is 79.9. The average molecular weight is 315 g/mol. The van der Waals surface area contributed by atoms with Crippen molar-refractivity contribution >= 4 is 27.7 Å². The number of amides is 2. The number of benzene rings is 1. The van der Waals surface area contributed by atoms with Crippen molar-refractivity contribution in [1.29, 1.82) is 0 Å². The fraction of sp³-hybridized carbons (Fsp3) is 0.333. The summed E-state index contributed by atoms with van der Waals surface area (Å²) in [5, 5.41) is 0. The summed E-state index contributed by atoms with van der Waals surface area (Å²) < 4.78 is 13.9. The third-order valence-electron chi connectivity index (χ3n) is 2.99. The first kappa shape index (κ1) is 13.0. The van der Waals surface area contributed by atoms with Gasteiger partial charge in [0, 0.05) is 24.0 Å². The molecule has 0 saturated carbocycles. The Morgan fingerprint density at radius 3 is 2.89 bits per heavy atom. The fourth-order valence-electron chi connectivity index (χ4n) is 1.99. The maximum atomic E-state index is 13.1. The van der Waals surface area contributed by atoms with Crippen LogP contribution in [0.5, 0.6) is 0 Å². The van der Waals surface area contributed by atoms with Crippen LogP contribution in [0.15, 0.2) is 22.7 Å². The van der Waals surface area contributed by atoms with E-state index in [9.17, 15) is 14.0 Å². The van der Waals surface area contributed by atoms with E-state index >= 15 is 0 Å². The number of nitrogens with zero attached hydrogens (tertiary/aromatic N) is 1. The molecule has 2 rings (SSSR count). The lowest BCUT2D eigenvalue weighted by molar-refractivity contribution is -0.128. The molecule has 1 atom stereocenters. The van der Waals surface area contributed by atoms with Crippen molar-refractivity contribution in [2.75, 3.05) is 6.54 Å². The molecule has 1 saturated heterocycles. The first-order chi connectivity index (χ1) is 8.47. The standard InChI is InChI=1S/C12H12BrFN2O2/c13-10-2-1-9(14)3-7(10)5-16-6-8(12(15)18)4-11(16)17/h1-3,8H,4-6H2,(H2,15,18). The molecular formula is C12H12BrFN2O2. The number of primary amides is 1. The van der Waals surface area contributed by atoms with E-state index < -0.39 is 11.8 Å². The van der Waals surface area contributed by atoms with Crippen LogP contribution in [0.25, 0.3) is 0 Å². The topological polar surface area (TPSA) is 63.4 Å². The summed E-state index contributed by atoms with van der Waals surface area (Å²) in [6.45, 7) is 0.581. The number of nitrogens with two attached hydrogens (primary N) is 1. The highest BCUT2D eigenvalue weighted by Crippen LogP contribution is 2.24. The van der Waals surface area contributed by atoms with Crippen molar-refractivity contribution in [2.24, 2.45) is 11.7 Å². The molecule has 0 spiro atoms. The Balaban J connectivity index is 2.12. The van der Waals surface area contributed by atoms with E-state index in [0.29, 0.717) is 12.1 Å². The van der Waals surface area contributed by atoms with Crippen LogP contribution in [0.2, 0.25) is 0 Å². The fourth-order valence-corrected chi connectivity index (χ4v) is 2.36.